The number of nitrogens with one attached hydrogen (secondary N) is 2. The molecule has 0 radical (unpaired) electrons. The summed E-state index contributed by atoms with van der Waals surface area (Å²) in [6, 6.07) is 7.56. The lowest BCUT2D eigenvalue weighted by atomic mass is 9.99. The third-order valence-corrected chi connectivity index (χ3v) is 4.29. The molecule has 0 saturated heterocycles. The SMILES string of the molecule is CC(C)[C@H](NC(=O)[C@H](C(C)C)N(C)C(=O)OC(C)(C)C)C(=O)Nc1ccccc1. The van der Waals surface area contributed by atoms with Crippen molar-refractivity contribution < 1.29 is 19.1 Å². The Hall–Kier alpha value is -2.57. The van der Waals surface area contributed by atoms with Crippen LogP contribution in [-0.4, -0.2) is 47.5 Å². The third kappa shape index (κ3) is 7.75. The third-order valence-electron chi connectivity index (χ3n) is 4.29. The highest BCUT2D eigenvalue weighted by molar-refractivity contribution is 5.98. The molecule has 0 fully saturated rings. The number of benzene rings is 1. The lowest BCUT2D eigenvalue weighted by Gasteiger charge is -2.33. The monoisotopic (exact) mass is 405 g/mol. The van der Waals surface area contributed by atoms with E-state index in [1.165, 1.54) is 11.9 Å². The van der Waals surface area contributed by atoms with E-state index in [4.69, 9.17) is 4.74 Å². The normalized spacial score (nSPS) is 13.6. The number of hydrogen-bond acceptors (Lipinski definition) is 4. The fourth-order valence-electron chi connectivity index (χ4n) is 2.89. The topological polar surface area (TPSA) is 87.7 Å². The van der Waals surface area contributed by atoms with Crippen molar-refractivity contribution in [2.45, 2.75) is 66.2 Å². The second-order valence-electron chi connectivity index (χ2n) is 8.87. The zero-order valence-electron chi connectivity index (χ0n) is 18.8. The van der Waals surface area contributed by atoms with E-state index in [1.54, 1.807) is 32.9 Å². The number of hydrogen-bond donors (Lipinski definition) is 2. The van der Waals surface area contributed by atoms with E-state index >= 15 is 0 Å². The van der Waals surface area contributed by atoms with Gasteiger partial charge in [-0.1, -0.05) is 45.9 Å². The molecule has 0 aliphatic heterocycles. The average molecular weight is 406 g/mol. The molecule has 1 aromatic carbocycles. The maximum absolute atomic E-state index is 13.0. The first-order chi connectivity index (χ1) is 13.3. The van der Waals surface area contributed by atoms with E-state index in [0.29, 0.717) is 5.69 Å². The second kappa shape index (κ2) is 10.3. The van der Waals surface area contributed by atoms with Gasteiger partial charge in [0, 0.05) is 12.7 Å². The van der Waals surface area contributed by atoms with Gasteiger partial charge >= 0.3 is 6.09 Å². The van der Waals surface area contributed by atoms with Crippen LogP contribution in [0.1, 0.15) is 48.5 Å². The summed E-state index contributed by atoms with van der Waals surface area (Å²) in [7, 11) is 1.53. The number of rotatable bonds is 7. The van der Waals surface area contributed by atoms with Crippen molar-refractivity contribution in [2.75, 3.05) is 12.4 Å². The number of amides is 3. The van der Waals surface area contributed by atoms with Gasteiger partial charge in [0.2, 0.25) is 11.8 Å². The second-order valence-corrected chi connectivity index (χ2v) is 8.87. The van der Waals surface area contributed by atoms with Crippen molar-refractivity contribution in [3.8, 4) is 0 Å². The molecule has 1 aromatic rings. The summed E-state index contributed by atoms with van der Waals surface area (Å²) >= 11 is 0. The van der Waals surface area contributed by atoms with Crippen LogP contribution in [0.3, 0.4) is 0 Å². The maximum Gasteiger partial charge on any atom is 0.410 e. The van der Waals surface area contributed by atoms with E-state index in [0.717, 1.165) is 0 Å². The van der Waals surface area contributed by atoms with Crippen molar-refractivity contribution in [1.29, 1.82) is 0 Å². The Morgan fingerprint density at radius 3 is 1.93 bits per heavy atom. The Labute approximate surface area is 174 Å². The van der Waals surface area contributed by atoms with Crippen LogP contribution < -0.4 is 10.6 Å². The molecule has 0 aromatic heterocycles. The molecular weight excluding hydrogens is 370 g/mol. The van der Waals surface area contributed by atoms with Crippen LogP contribution in [0.4, 0.5) is 10.5 Å². The lowest BCUT2D eigenvalue weighted by molar-refractivity contribution is -0.131. The molecule has 29 heavy (non-hydrogen) atoms. The van der Waals surface area contributed by atoms with Crippen molar-refractivity contribution in [2.24, 2.45) is 11.8 Å². The highest BCUT2D eigenvalue weighted by Gasteiger charge is 2.35. The van der Waals surface area contributed by atoms with Gasteiger partial charge in [-0.15, -0.1) is 0 Å². The molecular formula is C22H35N3O4. The summed E-state index contributed by atoms with van der Waals surface area (Å²) in [6.45, 7) is 12.7. The molecule has 1 rings (SSSR count). The Morgan fingerprint density at radius 2 is 1.48 bits per heavy atom. The van der Waals surface area contributed by atoms with Gasteiger partial charge < -0.3 is 15.4 Å². The first kappa shape index (κ1) is 24.5. The molecule has 0 bridgehead atoms. The van der Waals surface area contributed by atoms with E-state index in [9.17, 15) is 14.4 Å². The minimum atomic E-state index is -0.768. The van der Waals surface area contributed by atoms with Crippen molar-refractivity contribution >= 4 is 23.6 Å². The van der Waals surface area contributed by atoms with E-state index in [1.807, 2.05) is 45.9 Å². The molecule has 2 atom stereocenters. The summed E-state index contributed by atoms with van der Waals surface area (Å²) in [5.74, 6) is -1.00. The average Bonchev–Trinajstić information content (AvgIpc) is 2.58. The van der Waals surface area contributed by atoms with Gasteiger partial charge in [-0.05, 0) is 44.7 Å². The smallest absolute Gasteiger partial charge is 0.410 e. The molecule has 7 nitrogen and oxygen atoms in total. The number of carbonyl (C=O) groups is 3. The van der Waals surface area contributed by atoms with Gasteiger partial charge in [-0.25, -0.2) is 4.79 Å². The van der Waals surface area contributed by atoms with E-state index < -0.39 is 29.7 Å². The molecule has 0 aliphatic carbocycles. The summed E-state index contributed by atoms with van der Waals surface area (Å²) in [6.07, 6.45) is -0.582. The maximum atomic E-state index is 13.0. The molecule has 0 aliphatic rings. The van der Waals surface area contributed by atoms with Crippen LogP contribution >= 0.6 is 0 Å². The molecule has 2 N–H and O–H groups in total. The number of carbonyl (C=O) groups excluding carboxylic acids is 3. The van der Waals surface area contributed by atoms with Crippen LogP contribution in [0.25, 0.3) is 0 Å². The molecule has 0 saturated carbocycles. The number of nitrogens with zero attached hydrogens (tertiary/aromatic N) is 1. The van der Waals surface area contributed by atoms with Gasteiger partial charge in [0.25, 0.3) is 0 Å². The minimum absolute atomic E-state index is 0.137. The molecule has 0 heterocycles. The Kier molecular flexibility index (Phi) is 8.67. The van der Waals surface area contributed by atoms with E-state index in [2.05, 4.69) is 10.6 Å². The predicted octanol–water partition coefficient (Wildman–Crippen LogP) is 3.66. The van der Waals surface area contributed by atoms with Crippen LogP contribution in [0.5, 0.6) is 0 Å². The largest absolute Gasteiger partial charge is 0.444 e. The fraction of sp³-hybridized carbons (Fsp3) is 0.591. The van der Waals surface area contributed by atoms with Crippen LogP contribution in [0.15, 0.2) is 30.3 Å². The number of para-hydroxylation sites is 1. The van der Waals surface area contributed by atoms with Crippen LogP contribution in [0.2, 0.25) is 0 Å². The van der Waals surface area contributed by atoms with Crippen molar-refractivity contribution in [3.63, 3.8) is 0 Å². The first-order valence-electron chi connectivity index (χ1n) is 9.95. The zero-order valence-corrected chi connectivity index (χ0v) is 18.8. The lowest BCUT2D eigenvalue weighted by Crippen LogP contribution is -2.56. The van der Waals surface area contributed by atoms with Gasteiger partial charge in [0.1, 0.15) is 17.7 Å². The Balaban J connectivity index is 2.94. The molecule has 3 amide bonds. The fourth-order valence-corrected chi connectivity index (χ4v) is 2.89. The van der Waals surface area contributed by atoms with Crippen LogP contribution in [0, 0.1) is 11.8 Å². The van der Waals surface area contributed by atoms with Crippen molar-refractivity contribution in [1.82, 2.24) is 10.2 Å². The zero-order chi connectivity index (χ0) is 22.4. The van der Waals surface area contributed by atoms with Gasteiger partial charge in [-0.2, -0.15) is 0 Å². The quantitative estimate of drug-likeness (QED) is 0.725. The predicted molar refractivity (Wildman–Crippen MR) is 114 cm³/mol. The highest BCUT2D eigenvalue weighted by Crippen LogP contribution is 2.16. The van der Waals surface area contributed by atoms with Gasteiger partial charge in [0.15, 0.2) is 0 Å². The highest BCUT2D eigenvalue weighted by atomic mass is 16.6. The van der Waals surface area contributed by atoms with Crippen LogP contribution in [-0.2, 0) is 14.3 Å². The molecule has 0 spiro atoms. The standard InChI is InChI=1S/C22H35N3O4/c1-14(2)17(19(26)23-16-12-10-9-11-13-16)24-20(27)18(15(3)4)25(8)21(28)29-22(5,6)7/h9-15,17-18H,1-8H3,(H,23,26)(H,24,27)/t17-,18-/m0/s1. The van der Waals surface area contributed by atoms with E-state index in [-0.39, 0.29) is 17.7 Å². The number of anilines is 1. The Morgan fingerprint density at radius 1 is 0.931 bits per heavy atom. The Bertz CT molecular complexity index is 696. The summed E-state index contributed by atoms with van der Waals surface area (Å²) < 4.78 is 5.39. The number of ether oxygens (including phenoxy) is 1. The van der Waals surface area contributed by atoms with Crippen molar-refractivity contribution in [3.05, 3.63) is 30.3 Å². The summed E-state index contributed by atoms with van der Waals surface area (Å²) in [5.41, 5.74) is -0.0111. The molecule has 7 heteroatoms. The summed E-state index contributed by atoms with van der Waals surface area (Å²) in [4.78, 5) is 39.5. The first-order valence-corrected chi connectivity index (χ1v) is 9.95. The number of likely N-dealkylation sites (N-methyl/N-ethyl adjacent to an activating group) is 1. The van der Waals surface area contributed by atoms with Gasteiger partial charge in [-0.3, -0.25) is 14.5 Å². The molecule has 0 unspecified atom stereocenters. The molecule has 162 valence electrons. The minimum Gasteiger partial charge on any atom is -0.444 e. The summed E-state index contributed by atoms with van der Waals surface area (Å²) in [5, 5.41) is 5.64. The van der Waals surface area contributed by atoms with Gasteiger partial charge in [0.05, 0.1) is 0 Å².